The summed E-state index contributed by atoms with van der Waals surface area (Å²) in [5.74, 6) is 1.04. The number of benzene rings is 1. The highest BCUT2D eigenvalue weighted by molar-refractivity contribution is 5.81. The van der Waals surface area contributed by atoms with Crippen LogP contribution in [0.4, 0.5) is 10.2 Å². The van der Waals surface area contributed by atoms with Crippen molar-refractivity contribution in [2.45, 2.75) is 33.9 Å². The number of imidazole rings is 1. The van der Waals surface area contributed by atoms with Gasteiger partial charge in [0.25, 0.3) is 0 Å². The standard InChI is InChI=1S/C17H21FN4O/c1-17(2,3)16(23)21-7-8-22-13(10-21)20-14(15(22)19)11-5-4-6-12(18)9-11/h4-6,9H,7-8,10,19H2,1-3H3. The van der Waals surface area contributed by atoms with Crippen LogP contribution in [0.2, 0.25) is 0 Å². The molecule has 0 spiro atoms. The average Bonchev–Trinajstić information content (AvgIpc) is 2.82. The number of carbonyl (C=O) groups is 1. The number of amides is 1. The van der Waals surface area contributed by atoms with Crippen molar-refractivity contribution in [3.05, 3.63) is 35.9 Å². The summed E-state index contributed by atoms with van der Waals surface area (Å²) < 4.78 is 15.3. The molecule has 2 aromatic rings. The van der Waals surface area contributed by atoms with E-state index in [1.807, 2.05) is 25.3 Å². The molecule has 2 heterocycles. The summed E-state index contributed by atoms with van der Waals surface area (Å²) in [6.45, 7) is 7.35. The van der Waals surface area contributed by atoms with Crippen molar-refractivity contribution in [1.82, 2.24) is 14.5 Å². The molecule has 1 amide bonds. The number of nitrogens with two attached hydrogens (primary N) is 1. The van der Waals surface area contributed by atoms with E-state index in [0.29, 0.717) is 36.7 Å². The van der Waals surface area contributed by atoms with E-state index in [-0.39, 0.29) is 11.7 Å². The summed E-state index contributed by atoms with van der Waals surface area (Å²) in [6, 6.07) is 6.23. The van der Waals surface area contributed by atoms with E-state index in [1.165, 1.54) is 12.1 Å². The fourth-order valence-electron chi connectivity index (χ4n) is 2.85. The minimum Gasteiger partial charge on any atom is -0.383 e. The first-order chi connectivity index (χ1) is 10.8. The summed E-state index contributed by atoms with van der Waals surface area (Å²) in [4.78, 5) is 18.8. The highest BCUT2D eigenvalue weighted by Gasteiger charge is 2.31. The maximum atomic E-state index is 13.4. The van der Waals surface area contributed by atoms with E-state index in [9.17, 15) is 9.18 Å². The summed E-state index contributed by atoms with van der Waals surface area (Å²) >= 11 is 0. The van der Waals surface area contributed by atoms with E-state index in [1.54, 1.807) is 17.0 Å². The minimum absolute atomic E-state index is 0.0950. The first kappa shape index (κ1) is 15.5. The second kappa shape index (κ2) is 5.37. The van der Waals surface area contributed by atoms with Gasteiger partial charge in [0, 0.05) is 24.1 Å². The highest BCUT2D eigenvalue weighted by Crippen LogP contribution is 2.30. The number of nitrogen functional groups attached to an aromatic ring is 1. The summed E-state index contributed by atoms with van der Waals surface area (Å²) in [5, 5.41) is 0. The fraction of sp³-hybridized carbons (Fsp3) is 0.412. The molecule has 1 aliphatic heterocycles. The number of nitrogens with zero attached hydrogens (tertiary/aromatic N) is 3. The van der Waals surface area contributed by atoms with Gasteiger partial charge in [-0.3, -0.25) is 4.79 Å². The van der Waals surface area contributed by atoms with Crippen LogP contribution in [0, 0.1) is 11.2 Å². The highest BCUT2D eigenvalue weighted by atomic mass is 19.1. The van der Waals surface area contributed by atoms with E-state index in [2.05, 4.69) is 4.98 Å². The maximum absolute atomic E-state index is 13.4. The number of rotatable bonds is 1. The van der Waals surface area contributed by atoms with Crippen LogP contribution in [0.1, 0.15) is 26.6 Å². The van der Waals surface area contributed by atoms with Crippen LogP contribution in [-0.2, 0) is 17.9 Å². The number of anilines is 1. The molecule has 1 aromatic heterocycles. The molecule has 1 aromatic carbocycles. The van der Waals surface area contributed by atoms with Crippen molar-refractivity contribution in [3.63, 3.8) is 0 Å². The van der Waals surface area contributed by atoms with Crippen molar-refractivity contribution in [2.24, 2.45) is 5.41 Å². The van der Waals surface area contributed by atoms with Gasteiger partial charge in [0.15, 0.2) is 0 Å². The number of hydrogen-bond donors (Lipinski definition) is 1. The van der Waals surface area contributed by atoms with Crippen LogP contribution in [0.5, 0.6) is 0 Å². The SMILES string of the molecule is CC(C)(C)C(=O)N1CCn2c(nc(-c3cccc(F)c3)c2N)C1. The van der Waals surface area contributed by atoms with Crippen molar-refractivity contribution in [3.8, 4) is 11.3 Å². The molecule has 5 nitrogen and oxygen atoms in total. The zero-order valence-electron chi connectivity index (χ0n) is 13.6. The zero-order chi connectivity index (χ0) is 16.8. The number of aromatic nitrogens is 2. The van der Waals surface area contributed by atoms with Crippen molar-refractivity contribution < 1.29 is 9.18 Å². The number of hydrogen-bond acceptors (Lipinski definition) is 3. The maximum Gasteiger partial charge on any atom is 0.228 e. The largest absolute Gasteiger partial charge is 0.383 e. The molecule has 3 rings (SSSR count). The monoisotopic (exact) mass is 316 g/mol. The molecule has 0 bridgehead atoms. The summed E-state index contributed by atoms with van der Waals surface area (Å²) in [6.07, 6.45) is 0. The van der Waals surface area contributed by atoms with Crippen LogP contribution in [0.25, 0.3) is 11.3 Å². The van der Waals surface area contributed by atoms with Crippen LogP contribution < -0.4 is 5.73 Å². The lowest BCUT2D eigenvalue weighted by atomic mass is 9.94. The molecule has 0 saturated carbocycles. The Hall–Kier alpha value is -2.37. The Morgan fingerprint density at radius 2 is 2.04 bits per heavy atom. The van der Waals surface area contributed by atoms with Gasteiger partial charge in [-0.25, -0.2) is 9.37 Å². The van der Waals surface area contributed by atoms with E-state index >= 15 is 0 Å². The second-order valence-corrected chi connectivity index (χ2v) is 6.90. The van der Waals surface area contributed by atoms with Crippen molar-refractivity contribution >= 4 is 11.7 Å². The first-order valence-electron chi connectivity index (χ1n) is 7.67. The lowest BCUT2D eigenvalue weighted by Crippen LogP contribution is -2.44. The van der Waals surface area contributed by atoms with Gasteiger partial charge in [0.1, 0.15) is 23.2 Å². The molecule has 6 heteroatoms. The number of carbonyl (C=O) groups excluding carboxylic acids is 1. The zero-order valence-corrected chi connectivity index (χ0v) is 13.6. The molecule has 0 atom stereocenters. The van der Waals surface area contributed by atoms with Crippen LogP contribution in [-0.4, -0.2) is 26.9 Å². The number of fused-ring (bicyclic) bond motifs is 1. The molecule has 2 N–H and O–H groups in total. The molecule has 1 aliphatic rings. The van der Waals surface area contributed by atoms with Gasteiger partial charge in [0.2, 0.25) is 5.91 Å². The van der Waals surface area contributed by atoms with Gasteiger partial charge in [-0.05, 0) is 12.1 Å². The van der Waals surface area contributed by atoms with Gasteiger partial charge in [-0.2, -0.15) is 0 Å². The third kappa shape index (κ3) is 2.81. The van der Waals surface area contributed by atoms with Crippen LogP contribution >= 0.6 is 0 Å². The Morgan fingerprint density at radius 3 is 2.70 bits per heavy atom. The van der Waals surface area contributed by atoms with Crippen LogP contribution in [0.3, 0.4) is 0 Å². The van der Waals surface area contributed by atoms with E-state index in [4.69, 9.17) is 5.73 Å². The van der Waals surface area contributed by atoms with Crippen molar-refractivity contribution in [2.75, 3.05) is 12.3 Å². The summed E-state index contributed by atoms with van der Waals surface area (Å²) in [7, 11) is 0. The van der Waals surface area contributed by atoms with E-state index < -0.39 is 5.41 Å². The molecule has 23 heavy (non-hydrogen) atoms. The molecule has 0 unspecified atom stereocenters. The quantitative estimate of drug-likeness (QED) is 0.879. The van der Waals surface area contributed by atoms with E-state index in [0.717, 1.165) is 5.82 Å². The molecule has 0 fully saturated rings. The van der Waals surface area contributed by atoms with Crippen molar-refractivity contribution in [1.29, 1.82) is 0 Å². The van der Waals surface area contributed by atoms with Gasteiger partial charge < -0.3 is 15.2 Å². The third-order valence-corrected chi connectivity index (χ3v) is 4.04. The average molecular weight is 316 g/mol. The normalized spacial score (nSPS) is 14.7. The molecular weight excluding hydrogens is 295 g/mol. The summed E-state index contributed by atoms with van der Waals surface area (Å²) in [5.41, 5.74) is 6.99. The first-order valence-corrected chi connectivity index (χ1v) is 7.67. The van der Waals surface area contributed by atoms with Gasteiger partial charge in [0.05, 0.1) is 6.54 Å². The molecular formula is C17H21FN4O. The van der Waals surface area contributed by atoms with Gasteiger partial charge in [-0.15, -0.1) is 0 Å². The Bertz CT molecular complexity index is 760. The Kier molecular flexibility index (Phi) is 3.62. The fourth-order valence-corrected chi connectivity index (χ4v) is 2.85. The molecule has 122 valence electrons. The second-order valence-electron chi connectivity index (χ2n) is 6.90. The lowest BCUT2D eigenvalue weighted by Gasteiger charge is -2.32. The molecule has 0 radical (unpaired) electrons. The van der Waals surface area contributed by atoms with Gasteiger partial charge >= 0.3 is 0 Å². The lowest BCUT2D eigenvalue weighted by molar-refractivity contribution is -0.141. The topological polar surface area (TPSA) is 64.2 Å². The molecule has 0 saturated heterocycles. The van der Waals surface area contributed by atoms with Crippen LogP contribution in [0.15, 0.2) is 24.3 Å². The predicted octanol–water partition coefficient (Wildman–Crippen LogP) is 2.66. The number of halogens is 1. The Labute approximate surface area is 134 Å². The Morgan fingerprint density at radius 1 is 1.30 bits per heavy atom. The predicted molar refractivity (Wildman–Crippen MR) is 86.9 cm³/mol. The Balaban J connectivity index is 1.94. The smallest absolute Gasteiger partial charge is 0.228 e. The van der Waals surface area contributed by atoms with Gasteiger partial charge in [-0.1, -0.05) is 32.9 Å². The minimum atomic E-state index is -0.425. The molecule has 0 aliphatic carbocycles. The third-order valence-electron chi connectivity index (χ3n) is 4.04.